The Morgan fingerprint density at radius 2 is 2.08 bits per heavy atom. The molecule has 25 heavy (non-hydrogen) atoms. The summed E-state index contributed by atoms with van der Waals surface area (Å²) in [5, 5.41) is 3.90. The van der Waals surface area contributed by atoms with Gasteiger partial charge in [0.15, 0.2) is 5.76 Å². The number of hydrogen-bond donors (Lipinski definition) is 0. The van der Waals surface area contributed by atoms with Crippen molar-refractivity contribution in [3.8, 4) is 0 Å². The molecule has 0 unspecified atom stereocenters. The zero-order chi connectivity index (χ0) is 18.0. The second-order valence-electron chi connectivity index (χ2n) is 6.16. The molecule has 3 rings (SSSR count). The minimum absolute atomic E-state index is 0.0333. The smallest absolute Gasteiger partial charge is 0.245 e. The van der Waals surface area contributed by atoms with Crippen LogP contribution in [0.4, 0.5) is 4.39 Å². The van der Waals surface area contributed by atoms with E-state index in [2.05, 4.69) is 5.16 Å². The highest BCUT2D eigenvalue weighted by atomic mass is 19.1. The van der Waals surface area contributed by atoms with Gasteiger partial charge >= 0.3 is 0 Å². The van der Waals surface area contributed by atoms with Gasteiger partial charge in [-0.25, -0.2) is 4.39 Å². The Morgan fingerprint density at radius 3 is 2.76 bits per heavy atom. The maximum absolute atomic E-state index is 13.3. The molecule has 1 atom stereocenters. The number of benzene rings is 1. The van der Waals surface area contributed by atoms with Crippen LogP contribution in [-0.4, -0.2) is 39.4 Å². The van der Waals surface area contributed by atoms with Crippen LogP contribution in [0.15, 0.2) is 34.9 Å². The average molecular weight is 345 g/mol. The molecule has 0 saturated carbocycles. The molecular weight excluding hydrogens is 325 g/mol. The van der Waals surface area contributed by atoms with Crippen molar-refractivity contribution >= 4 is 11.8 Å². The minimum atomic E-state index is -0.606. The lowest BCUT2D eigenvalue weighted by Crippen LogP contribution is -2.57. The zero-order valence-electron chi connectivity index (χ0n) is 14.2. The van der Waals surface area contributed by atoms with Gasteiger partial charge in [-0.1, -0.05) is 24.2 Å². The minimum Gasteiger partial charge on any atom is -0.359 e. The highest BCUT2D eigenvalue weighted by Gasteiger charge is 2.36. The predicted octanol–water partition coefficient (Wildman–Crippen LogP) is 2.14. The van der Waals surface area contributed by atoms with Gasteiger partial charge in [0.05, 0.1) is 12.2 Å². The Bertz CT molecular complexity index is 789. The molecule has 6 nitrogen and oxygen atoms in total. The largest absolute Gasteiger partial charge is 0.359 e. The van der Waals surface area contributed by atoms with Gasteiger partial charge in [0, 0.05) is 12.6 Å². The highest BCUT2D eigenvalue weighted by Crippen LogP contribution is 2.19. The molecule has 7 heteroatoms. The van der Waals surface area contributed by atoms with Crippen LogP contribution < -0.4 is 0 Å². The number of carbonyl (C=O) groups excluding carboxylic acids is 2. The summed E-state index contributed by atoms with van der Waals surface area (Å²) in [6.07, 6.45) is 0.743. The van der Waals surface area contributed by atoms with Crippen LogP contribution in [0.25, 0.3) is 0 Å². The molecule has 1 aromatic heterocycles. The van der Waals surface area contributed by atoms with Crippen LogP contribution in [-0.2, 0) is 29.1 Å². The van der Waals surface area contributed by atoms with Crippen LogP contribution in [0.1, 0.15) is 30.9 Å². The third kappa shape index (κ3) is 3.70. The molecule has 1 aliphatic rings. The van der Waals surface area contributed by atoms with Crippen LogP contribution in [0.5, 0.6) is 0 Å². The Kier molecular flexibility index (Phi) is 4.83. The second-order valence-corrected chi connectivity index (χ2v) is 6.16. The van der Waals surface area contributed by atoms with Crippen molar-refractivity contribution in [3.63, 3.8) is 0 Å². The van der Waals surface area contributed by atoms with Crippen molar-refractivity contribution in [2.45, 2.75) is 39.4 Å². The first-order chi connectivity index (χ1) is 12.0. The molecule has 0 aliphatic carbocycles. The lowest BCUT2D eigenvalue weighted by molar-refractivity contribution is -0.156. The van der Waals surface area contributed by atoms with Crippen molar-refractivity contribution in [2.75, 3.05) is 6.54 Å². The number of aryl methyl sites for hydroxylation is 1. The summed E-state index contributed by atoms with van der Waals surface area (Å²) in [5.41, 5.74) is 1.47. The second kappa shape index (κ2) is 7.04. The first-order valence-electron chi connectivity index (χ1n) is 8.25. The van der Waals surface area contributed by atoms with Gasteiger partial charge in [0.1, 0.15) is 18.4 Å². The lowest BCUT2D eigenvalue weighted by Gasteiger charge is -2.38. The number of amides is 2. The number of carbonyl (C=O) groups is 2. The highest BCUT2D eigenvalue weighted by molar-refractivity contribution is 5.94. The van der Waals surface area contributed by atoms with Gasteiger partial charge in [-0.05, 0) is 31.0 Å². The lowest BCUT2D eigenvalue weighted by atomic mass is 10.1. The summed E-state index contributed by atoms with van der Waals surface area (Å²) in [7, 11) is 0. The van der Waals surface area contributed by atoms with Gasteiger partial charge in [-0.15, -0.1) is 0 Å². The van der Waals surface area contributed by atoms with E-state index >= 15 is 0 Å². The molecule has 2 heterocycles. The topological polar surface area (TPSA) is 66.7 Å². The van der Waals surface area contributed by atoms with Crippen molar-refractivity contribution < 1.29 is 18.5 Å². The monoisotopic (exact) mass is 345 g/mol. The Labute approximate surface area is 145 Å². The normalized spacial score (nSPS) is 18.1. The third-order valence-electron chi connectivity index (χ3n) is 4.34. The van der Waals surface area contributed by atoms with Gasteiger partial charge in [-0.3, -0.25) is 9.59 Å². The van der Waals surface area contributed by atoms with E-state index in [1.54, 1.807) is 25.1 Å². The van der Waals surface area contributed by atoms with Crippen LogP contribution in [0, 0.1) is 5.82 Å². The molecule has 0 bridgehead atoms. The fourth-order valence-corrected chi connectivity index (χ4v) is 2.92. The number of nitrogens with zero attached hydrogens (tertiary/aromatic N) is 3. The molecule has 1 saturated heterocycles. The molecule has 0 radical (unpaired) electrons. The Hall–Kier alpha value is -2.70. The van der Waals surface area contributed by atoms with Gasteiger partial charge in [-0.2, -0.15) is 0 Å². The maximum atomic E-state index is 13.3. The number of hydrogen-bond acceptors (Lipinski definition) is 4. The first-order valence-corrected chi connectivity index (χ1v) is 8.25. The summed E-state index contributed by atoms with van der Waals surface area (Å²) >= 11 is 0. The molecule has 1 aromatic carbocycles. The zero-order valence-corrected chi connectivity index (χ0v) is 14.2. The summed E-state index contributed by atoms with van der Waals surface area (Å²) in [6, 6.07) is 7.23. The van der Waals surface area contributed by atoms with Crippen LogP contribution >= 0.6 is 0 Å². The molecular formula is C18H20FN3O3. The summed E-state index contributed by atoms with van der Waals surface area (Å²) < 4.78 is 18.5. The predicted molar refractivity (Wildman–Crippen MR) is 87.7 cm³/mol. The van der Waals surface area contributed by atoms with Gasteiger partial charge in [0.25, 0.3) is 0 Å². The van der Waals surface area contributed by atoms with Gasteiger partial charge in [0.2, 0.25) is 11.8 Å². The van der Waals surface area contributed by atoms with Crippen molar-refractivity contribution in [2.24, 2.45) is 0 Å². The van der Waals surface area contributed by atoms with E-state index in [9.17, 15) is 14.0 Å². The molecule has 1 fully saturated rings. The molecule has 1 aliphatic heterocycles. The van der Waals surface area contributed by atoms with Crippen molar-refractivity contribution in [1.82, 2.24) is 15.0 Å². The number of piperazine rings is 1. The van der Waals surface area contributed by atoms with E-state index in [1.807, 2.05) is 6.92 Å². The quantitative estimate of drug-likeness (QED) is 0.833. The fourth-order valence-electron chi connectivity index (χ4n) is 2.92. The van der Waals surface area contributed by atoms with E-state index in [4.69, 9.17) is 4.52 Å². The molecule has 132 valence electrons. The molecule has 0 N–H and O–H groups in total. The van der Waals surface area contributed by atoms with E-state index < -0.39 is 6.04 Å². The maximum Gasteiger partial charge on any atom is 0.245 e. The van der Waals surface area contributed by atoms with Crippen molar-refractivity contribution in [3.05, 3.63) is 53.2 Å². The van der Waals surface area contributed by atoms with Gasteiger partial charge < -0.3 is 14.3 Å². The fraction of sp³-hybridized carbons (Fsp3) is 0.389. The summed E-state index contributed by atoms with van der Waals surface area (Å²) in [4.78, 5) is 28.1. The number of halogens is 1. The van der Waals surface area contributed by atoms with E-state index in [1.165, 1.54) is 21.9 Å². The Morgan fingerprint density at radius 1 is 1.28 bits per heavy atom. The van der Waals surface area contributed by atoms with E-state index in [0.717, 1.165) is 12.1 Å². The molecule has 2 amide bonds. The number of rotatable bonds is 5. The summed E-state index contributed by atoms with van der Waals surface area (Å²) in [5.74, 6) is -0.138. The molecule has 2 aromatic rings. The number of aromatic nitrogens is 1. The summed E-state index contributed by atoms with van der Waals surface area (Å²) in [6.45, 7) is 4.04. The SMILES string of the molecule is CCc1cc(CN2C(=O)CN(Cc3cccc(F)c3)C(=O)[C@@H]2C)on1. The van der Waals surface area contributed by atoms with Crippen molar-refractivity contribution in [1.29, 1.82) is 0 Å². The van der Waals surface area contributed by atoms with E-state index in [0.29, 0.717) is 11.3 Å². The van der Waals surface area contributed by atoms with Crippen LogP contribution in [0.3, 0.4) is 0 Å². The Balaban J connectivity index is 1.70. The third-order valence-corrected chi connectivity index (χ3v) is 4.34. The first kappa shape index (κ1) is 17.1. The standard InChI is InChI=1S/C18H20FN3O3/c1-3-15-8-16(25-20-15)10-22-12(2)18(24)21(11-17(22)23)9-13-5-4-6-14(19)7-13/h4-8,12H,3,9-11H2,1-2H3/t12-/m0/s1. The van der Waals surface area contributed by atoms with E-state index in [-0.39, 0.29) is 37.3 Å². The van der Waals surface area contributed by atoms with Crippen LogP contribution in [0.2, 0.25) is 0 Å². The average Bonchev–Trinajstić information content (AvgIpc) is 3.04. The molecule has 0 spiro atoms.